The summed E-state index contributed by atoms with van der Waals surface area (Å²) in [5.74, 6) is -0.416. The van der Waals surface area contributed by atoms with E-state index in [0.29, 0.717) is 36.7 Å². The third-order valence-electron chi connectivity index (χ3n) is 11.3. The minimum Gasteiger partial charge on any atom is -0.490 e. The van der Waals surface area contributed by atoms with Crippen molar-refractivity contribution in [3.05, 3.63) is 109 Å². The summed E-state index contributed by atoms with van der Waals surface area (Å²) >= 11 is 6.09. The molecule has 0 saturated heterocycles. The van der Waals surface area contributed by atoms with Crippen molar-refractivity contribution in [1.29, 1.82) is 0 Å². The first kappa shape index (κ1) is 41.3. The number of hydrogen-bond donors (Lipinski definition) is 2. The first-order valence-electron chi connectivity index (χ1n) is 19.8. The maximum absolute atomic E-state index is 14.5. The van der Waals surface area contributed by atoms with E-state index in [1.165, 1.54) is 7.11 Å². The molecule has 56 heavy (non-hydrogen) atoms. The second-order valence-corrected chi connectivity index (χ2v) is 15.0. The van der Waals surface area contributed by atoms with Gasteiger partial charge in [-0.05, 0) is 77.6 Å². The number of ether oxygens (including phenoxy) is 4. The van der Waals surface area contributed by atoms with E-state index < -0.39 is 23.8 Å². The van der Waals surface area contributed by atoms with E-state index in [1.54, 1.807) is 17.1 Å². The molecule has 1 fully saturated rings. The number of unbranched alkanes of at least 4 members (excludes halogenated alkanes) is 2. The number of oxime groups is 1. The van der Waals surface area contributed by atoms with Gasteiger partial charge in [0.1, 0.15) is 37.9 Å². The van der Waals surface area contributed by atoms with Crippen LogP contribution in [0.15, 0.2) is 103 Å². The standard InChI is InChI=1S/C45H55ClN2O8/c1-4-24-53-34-19-20-40-38(28-34)42-36(18-9-11-23-50)32(14-8-10-22-49)27-37-39(47-52-3)29-41(45(56-40,43(37)42)55-25-5-2)48(44(51)54-26-21-46)30-33-16-12-15-31-13-6-7-17-35(31)33/h4-7,12-13,15-17,19-20,27-28,32,36,41-43,49-50H,1-2,8-11,14,18,21-26,29-30H2,3H3/t32-,36+,41-,42+,43+,45+/m0/s1. The number of halogens is 1. The lowest BCUT2D eigenvalue weighted by atomic mass is 9.55. The number of carbonyl (C=O) groups excluding carboxylic acids is 1. The minimum absolute atomic E-state index is 0.0233. The van der Waals surface area contributed by atoms with Gasteiger partial charge in [0.05, 0.1) is 30.7 Å². The fraction of sp³-hybridized carbons (Fsp3) is 0.467. The number of amides is 1. The van der Waals surface area contributed by atoms with Gasteiger partial charge in [-0.2, -0.15) is 0 Å². The second kappa shape index (κ2) is 19.7. The van der Waals surface area contributed by atoms with E-state index in [-0.39, 0.29) is 63.0 Å². The van der Waals surface area contributed by atoms with Crippen molar-refractivity contribution >= 4 is 34.2 Å². The molecule has 0 bridgehead atoms. The molecule has 10 nitrogen and oxygen atoms in total. The van der Waals surface area contributed by atoms with Crippen LogP contribution in [0.2, 0.25) is 0 Å². The van der Waals surface area contributed by atoms with Crippen molar-refractivity contribution in [2.75, 3.05) is 46.0 Å². The van der Waals surface area contributed by atoms with E-state index in [4.69, 9.17) is 35.4 Å². The largest absolute Gasteiger partial charge is 0.490 e. The molecule has 1 saturated carbocycles. The van der Waals surface area contributed by atoms with E-state index >= 15 is 0 Å². The van der Waals surface area contributed by atoms with Gasteiger partial charge in [0.2, 0.25) is 5.79 Å². The number of aliphatic hydroxyl groups excluding tert-OH is 2. The number of aliphatic hydroxyl groups is 2. The molecule has 0 spiro atoms. The Bertz CT molecular complexity index is 1880. The molecule has 0 unspecified atom stereocenters. The lowest BCUT2D eigenvalue weighted by Gasteiger charge is -2.59. The van der Waals surface area contributed by atoms with Crippen LogP contribution in [-0.4, -0.2) is 84.8 Å². The van der Waals surface area contributed by atoms with Crippen molar-refractivity contribution < 1.29 is 38.8 Å². The molecule has 0 aromatic heterocycles. The quantitative estimate of drug-likeness (QED) is 0.0507. The molecule has 3 aromatic rings. The second-order valence-electron chi connectivity index (χ2n) is 14.6. The van der Waals surface area contributed by atoms with Crippen molar-refractivity contribution in [1.82, 2.24) is 4.90 Å². The average molecular weight is 787 g/mol. The van der Waals surface area contributed by atoms with Crippen LogP contribution in [-0.2, 0) is 20.9 Å². The summed E-state index contributed by atoms with van der Waals surface area (Å²) in [6.45, 7) is 8.78. The molecular weight excluding hydrogens is 732 g/mol. The number of carbonyl (C=O) groups is 1. The van der Waals surface area contributed by atoms with E-state index in [1.807, 2.05) is 36.4 Å². The maximum atomic E-state index is 14.5. The van der Waals surface area contributed by atoms with E-state index in [2.05, 4.69) is 48.7 Å². The Hall–Kier alpha value is -4.35. The van der Waals surface area contributed by atoms with Gasteiger partial charge in [-0.1, -0.05) is 85.3 Å². The Labute approximate surface area is 335 Å². The Morgan fingerprint density at radius 1 is 1.02 bits per heavy atom. The minimum atomic E-state index is -1.43. The zero-order valence-corrected chi connectivity index (χ0v) is 33.1. The number of rotatable bonds is 20. The monoisotopic (exact) mass is 786 g/mol. The van der Waals surface area contributed by atoms with Gasteiger partial charge in [-0.15, -0.1) is 18.2 Å². The number of nitrogens with zero attached hydrogens (tertiary/aromatic N) is 2. The van der Waals surface area contributed by atoms with Gasteiger partial charge >= 0.3 is 6.09 Å². The highest BCUT2D eigenvalue weighted by molar-refractivity contribution is 6.18. The molecule has 1 heterocycles. The predicted octanol–water partition coefficient (Wildman–Crippen LogP) is 8.55. The van der Waals surface area contributed by atoms with Crippen LogP contribution >= 0.6 is 11.6 Å². The van der Waals surface area contributed by atoms with Gasteiger partial charge in [-0.25, -0.2) is 4.79 Å². The number of fused-ring (bicyclic) bond motifs is 3. The molecule has 3 aromatic carbocycles. The van der Waals surface area contributed by atoms with E-state index in [0.717, 1.165) is 53.2 Å². The molecule has 6 atom stereocenters. The first-order valence-corrected chi connectivity index (χ1v) is 20.3. The maximum Gasteiger partial charge on any atom is 0.410 e. The van der Waals surface area contributed by atoms with Crippen molar-refractivity contribution in [2.24, 2.45) is 22.9 Å². The van der Waals surface area contributed by atoms with Crippen molar-refractivity contribution in [3.8, 4) is 11.5 Å². The van der Waals surface area contributed by atoms with E-state index in [9.17, 15) is 15.0 Å². The van der Waals surface area contributed by atoms with Crippen LogP contribution in [0.4, 0.5) is 4.79 Å². The fourth-order valence-corrected chi connectivity index (χ4v) is 9.21. The van der Waals surface area contributed by atoms with Crippen LogP contribution in [0, 0.1) is 17.8 Å². The van der Waals surface area contributed by atoms with Crippen LogP contribution in [0.1, 0.15) is 62.0 Å². The summed E-state index contributed by atoms with van der Waals surface area (Å²) in [6, 6.07) is 19.3. The molecule has 2 aliphatic carbocycles. The van der Waals surface area contributed by atoms with Gasteiger partial charge in [0.25, 0.3) is 0 Å². The Balaban J connectivity index is 1.60. The molecule has 2 N–H and O–H groups in total. The van der Waals surface area contributed by atoms with Gasteiger partial charge in [-0.3, -0.25) is 4.90 Å². The lowest BCUT2D eigenvalue weighted by Crippen LogP contribution is -2.70. The molecule has 1 amide bonds. The summed E-state index contributed by atoms with van der Waals surface area (Å²) in [5, 5.41) is 26.4. The van der Waals surface area contributed by atoms with Gasteiger partial charge in [0.15, 0.2) is 0 Å². The lowest BCUT2D eigenvalue weighted by molar-refractivity contribution is -0.256. The Morgan fingerprint density at radius 2 is 1.79 bits per heavy atom. The molecule has 11 heteroatoms. The fourth-order valence-electron chi connectivity index (χ4n) is 9.13. The normalized spacial score (nSPS) is 24.3. The first-order chi connectivity index (χ1) is 27.4. The van der Waals surface area contributed by atoms with Crippen molar-refractivity contribution in [2.45, 2.75) is 69.2 Å². The number of alkyl halides is 1. The molecule has 6 rings (SSSR count). The molecule has 1 aliphatic heterocycles. The summed E-state index contributed by atoms with van der Waals surface area (Å²) in [7, 11) is 1.54. The molecule has 3 aliphatic rings. The summed E-state index contributed by atoms with van der Waals surface area (Å²) in [4.78, 5) is 21.8. The van der Waals surface area contributed by atoms with Crippen LogP contribution in [0.25, 0.3) is 10.8 Å². The summed E-state index contributed by atoms with van der Waals surface area (Å²) < 4.78 is 26.3. The predicted molar refractivity (Wildman–Crippen MR) is 219 cm³/mol. The highest BCUT2D eigenvalue weighted by Gasteiger charge is 2.65. The van der Waals surface area contributed by atoms with Crippen LogP contribution in [0.3, 0.4) is 0 Å². The number of allylic oxidation sites excluding steroid dienone is 1. The van der Waals surface area contributed by atoms with Gasteiger partial charge < -0.3 is 34.0 Å². The highest BCUT2D eigenvalue weighted by atomic mass is 35.5. The number of benzene rings is 3. The zero-order chi connectivity index (χ0) is 39.5. The van der Waals surface area contributed by atoms with Crippen LogP contribution < -0.4 is 9.47 Å². The average Bonchev–Trinajstić information content (AvgIpc) is 3.22. The zero-order valence-electron chi connectivity index (χ0n) is 32.3. The summed E-state index contributed by atoms with van der Waals surface area (Å²) in [6.07, 6.45) is 10.1. The topological polar surface area (TPSA) is 119 Å². The third-order valence-corrected chi connectivity index (χ3v) is 11.5. The Morgan fingerprint density at radius 3 is 2.54 bits per heavy atom. The third kappa shape index (κ3) is 8.64. The molecule has 0 radical (unpaired) electrons. The smallest absolute Gasteiger partial charge is 0.410 e. The van der Waals surface area contributed by atoms with Crippen molar-refractivity contribution in [3.63, 3.8) is 0 Å². The van der Waals surface area contributed by atoms with Crippen LogP contribution in [0.5, 0.6) is 11.5 Å². The summed E-state index contributed by atoms with van der Waals surface area (Å²) in [5.41, 5.74) is 3.56. The molecule has 300 valence electrons. The highest BCUT2D eigenvalue weighted by Crippen LogP contribution is 2.62. The van der Waals surface area contributed by atoms with Gasteiger partial charge in [0, 0.05) is 31.1 Å². The molecular formula is C45H55ClN2O8. The Kier molecular flexibility index (Phi) is 14.5. The SMILES string of the molecule is C=CCOc1ccc2c(c1)[C@H]1[C@H](CCCCO)[C@@H](CCCCO)C=C3C(=NOC)C[C@H](N(Cc4cccc5ccccc45)C(=O)OCCCl)[C@@](OCC=C)(O2)[C@H]31. The number of hydrogen-bond acceptors (Lipinski definition) is 9.